The quantitative estimate of drug-likeness (QED) is 0.649. The second-order valence-electron chi connectivity index (χ2n) is 3.14. The number of halogens is 1. The van der Waals surface area contributed by atoms with E-state index in [1.54, 1.807) is 0 Å². The second-order valence-corrected chi connectivity index (χ2v) is 3.55. The summed E-state index contributed by atoms with van der Waals surface area (Å²) < 4.78 is 5.07. The van der Waals surface area contributed by atoms with E-state index in [2.05, 4.69) is 0 Å². The molecule has 5 heteroatoms. The van der Waals surface area contributed by atoms with E-state index >= 15 is 0 Å². The average molecular weight is 243 g/mol. The number of ketones is 1. The van der Waals surface area contributed by atoms with Gasteiger partial charge in [0, 0.05) is 5.56 Å². The van der Waals surface area contributed by atoms with Crippen molar-refractivity contribution in [1.29, 1.82) is 0 Å². The molecule has 0 amide bonds. The number of aliphatic carboxylic acids is 1. The molecule has 0 spiro atoms. The van der Waals surface area contributed by atoms with Crippen LogP contribution in [0.15, 0.2) is 12.1 Å². The van der Waals surface area contributed by atoms with Crippen LogP contribution in [0.5, 0.6) is 5.75 Å². The first kappa shape index (κ1) is 12.5. The lowest BCUT2D eigenvalue weighted by molar-refractivity contribution is -0.131. The zero-order valence-corrected chi connectivity index (χ0v) is 9.67. The summed E-state index contributed by atoms with van der Waals surface area (Å²) in [6.07, 6.45) is 0.601. The average Bonchev–Trinajstić information content (AvgIpc) is 2.26. The minimum Gasteiger partial charge on any atom is -0.495 e. The second kappa shape index (κ2) is 4.99. The van der Waals surface area contributed by atoms with E-state index < -0.39 is 11.8 Å². The Morgan fingerprint density at radius 1 is 1.44 bits per heavy atom. The van der Waals surface area contributed by atoms with Crippen molar-refractivity contribution < 1.29 is 19.4 Å². The van der Waals surface area contributed by atoms with Crippen LogP contribution in [0.25, 0.3) is 0 Å². The molecule has 86 valence electrons. The van der Waals surface area contributed by atoms with Crippen molar-refractivity contribution in [2.75, 3.05) is 7.11 Å². The van der Waals surface area contributed by atoms with Crippen molar-refractivity contribution in [3.63, 3.8) is 0 Å². The van der Waals surface area contributed by atoms with Crippen LogP contribution in [-0.4, -0.2) is 24.0 Å². The Balaban J connectivity index is 3.31. The number of Topliss-reactive ketones (excluding diaryl/α,β-unsaturated/α-hetero) is 1. The molecule has 0 radical (unpaired) electrons. The van der Waals surface area contributed by atoms with Crippen molar-refractivity contribution in [3.8, 4) is 5.75 Å². The van der Waals surface area contributed by atoms with Crippen molar-refractivity contribution in [1.82, 2.24) is 0 Å². The van der Waals surface area contributed by atoms with Crippen molar-refractivity contribution in [3.05, 3.63) is 28.3 Å². The molecule has 0 heterocycles. The number of hydrogen-bond donors (Lipinski definition) is 1. The van der Waals surface area contributed by atoms with Gasteiger partial charge >= 0.3 is 5.97 Å². The van der Waals surface area contributed by atoms with Gasteiger partial charge in [-0.25, -0.2) is 4.79 Å². The van der Waals surface area contributed by atoms with Crippen LogP contribution >= 0.6 is 11.6 Å². The van der Waals surface area contributed by atoms with Crippen LogP contribution in [0.2, 0.25) is 5.02 Å². The Morgan fingerprint density at radius 2 is 2.06 bits per heavy atom. The highest BCUT2D eigenvalue weighted by Crippen LogP contribution is 2.30. The zero-order chi connectivity index (χ0) is 12.3. The fourth-order valence-corrected chi connectivity index (χ4v) is 1.71. The Hall–Kier alpha value is -1.55. The topological polar surface area (TPSA) is 63.6 Å². The number of carboxylic acid groups (broad SMARTS) is 1. The van der Waals surface area contributed by atoms with Gasteiger partial charge in [0.2, 0.25) is 0 Å². The lowest BCUT2D eigenvalue weighted by Gasteiger charge is -2.10. The van der Waals surface area contributed by atoms with E-state index in [1.807, 2.05) is 6.92 Å². The van der Waals surface area contributed by atoms with Crippen LogP contribution in [-0.2, 0) is 11.2 Å². The number of carboxylic acids is 1. The first-order chi connectivity index (χ1) is 7.51. The summed E-state index contributed by atoms with van der Waals surface area (Å²) in [5.74, 6) is -1.99. The van der Waals surface area contributed by atoms with Gasteiger partial charge in [0.15, 0.2) is 0 Å². The third-order valence-corrected chi connectivity index (χ3v) is 2.44. The standard InChI is InChI=1S/C11H11ClO4/c1-3-6-4-7(9(13)11(14)15)5-8(12)10(6)16-2/h4-5H,3H2,1-2H3,(H,14,15). The van der Waals surface area contributed by atoms with Crippen LogP contribution < -0.4 is 4.74 Å². The molecule has 0 aromatic heterocycles. The van der Waals surface area contributed by atoms with Gasteiger partial charge in [-0.15, -0.1) is 0 Å². The highest BCUT2D eigenvalue weighted by Gasteiger charge is 2.18. The molecule has 0 saturated carbocycles. The number of methoxy groups -OCH3 is 1. The van der Waals surface area contributed by atoms with Crippen LogP contribution in [0, 0.1) is 0 Å². The molecular weight excluding hydrogens is 232 g/mol. The Kier molecular flexibility index (Phi) is 3.90. The smallest absolute Gasteiger partial charge is 0.377 e. The number of ether oxygens (including phenoxy) is 1. The molecule has 0 fully saturated rings. The molecule has 4 nitrogen and oxygen atoms in total. The number of rotatable bonds is 4. The van der Waals surface area contributed by atoms with Crippen LogP contribution in [0.1, 0.15) is 22.8 Å². The van der Waals surface area contributed by atoms with E-state index in [9.17, 15) is 9.59 Å². The minimum atomic E-state index is -1.50. The molecule has 0 saturated heterocycles. The summed E-state index contributed by atoms with van der Waals surface area (Å²) >= 11 is 5.89. The van der Waals surface area contributed by atoms with Gasteiger partial charge in [0.1, 0.15) is 5.75 Å². The first-order valence-corrected chi connectivity index (χ1v) is 5.03. The molecule has 0 aliphatic carbocycles. The number of hydrogen-bond acceptors (Lipinski definition) is 3. The molecule has 0 unspecified atom stereocenters. The van der Waals surface area contributed by atoms with E-state index in [1.165, 1.54) is 19.2 Å². The lowest BCUT2D eigenvalue weighted by atomic mass is 10.0. The van der Waals surface area contributed by atoms with Gasteiger partial charge in [-0.2, -0.15) is 0 Å². The number of aryl methyl sites for hydroxylation is 1. The number of benzene rings is 1. The van der Waals surface area contributed by atoms with Crippen LogP contribution in [0.3, 0.4) is 0 Å². The van der Waals surface area contributed by atoms with Crippen molar-refractivity contribution >= 4 is 23.4 Å². The molecule has 0 aliphatic rings. The minimum absolute atomic E-state index is 0.0650. The summed E-state index contributed by atoms with van der Waals surface area (Å²) in [7, 11) is 1.47. The SMILES string of the molecule is CCc1cc(C(=O)C(=O)O)cc(Cl)c1OC. The Labute approximate surface area is 97.8 Å². The molecular formula is C11H11ClO4. The highest BCUT2D eigenvalue weighted by molar-refractivity contribution is 6.41. The number of carbonyl (C=O) groups is 2. The maximum atomic E-state index is 11.3. The zero-order valence-electron chi connectivity index (χ0n) is 8.91. The summed E-state index contributed by atoms with van der Waals surface area (Å²) in [5.41, 5.74) is 0.773. The predicted octanol–water partition coefficient (Wildman–Crippen LogP) is 2.18. The molecule has 1 aromatic rings. The summed E-state index contributed by atoms with van der Waals surface area (Å²) in [4.78, 5) is 21.8. The Bertz CT molecular complexity index is 440. The van der Waals surface area contributed by atoms with Gasteiger partial charge < -0.3 is 9.84 Å². The lowest BCUT2D eigenvalue weighted by Crippen LogP contribution is -2.13. The van der Waals surface area contributed by atoms with Gasteiger partial charge in [-0.1, -0.05) is 18.5 Å². The molecule has 0 bridgehead atoms. The molecule has 1 N–H and O–H groups in total. The maximum Gasteiger partial charge on any atom is 0.377 e. The molecule has 16 heavy (non-hydrogen) atoms. The third kappa shape index (κ3) is 2.33. The fourth-order valence-electron chi connectivity index (χ4n) is 1.40. The van der Waals surface area contributed by atoms with E-state index in [0.29, 0.717) is 17.7 Å². The van der Waals surface area contributed by atoms with E-state index in [0.717, 1.165) is 0 Å². The third-order valence-electron chi connectivity index (χ3n) is 2.16. The first-order valence-electron chi connectivity index (χ1n) is 4.65. The highest BCUT2D eigenvalue weighted by atomic mass is 35.5. The number of carbonyl (C=O) groups excluding carboxylic acids is 1. The monoisotopic (exact) mass is 242 g/mol. The fraction of sp³-hybridized carbons (Fsp3) is 0.273. The van der Waals surface area contributed by atoms with Gasteiger partial charge in [-0.3, -0.25) is 4.79 Å². The van der Waals surface area contributed by atoms with Gasteiger partial charge in [-0.05, 0) is 24.1 Å². The Morgan fingerprint density at radius 3 is 2.50 bits per heavy atom. The molecule has 0 atom stereocenters. The van der Waals surface area contributed by atoms with Gasteiger partial charge in [0.25, 0.3) is 5.78 Å². The summed E-state index contributed by atoms with van der Waals surface area (Å²) in [5, 5.41) is 8.83. The van der Waals surface area contributed by atoms with E-state index in [-0.39, 0.29) is 10.6 Å². The molecule has 0 aliphatic heterocycles. The summed E-state index contributed by atoms with van der Waals surface area (Å²) in [6, 6.07) is 2.79. The molecule has 1 aromatic carbocycles. The largest absolute Gasteiger partial charge is 0.495 e. The maximum absolute atomic E-state index is 11.3. The van der Waals surface area contributed by atoms with Crippen molar-refractivity contribution in [2.45, 2.75) is 13.3 Å². The summed E-state index contributed by atoms with van der Waals surface area (Å²) in [6.45, 7) is 1.86. The predicted molar refractivity (Wildman–Crippen MR) is 59.3 cm³/mol. The van der Waals surface area contributed by atoms with Gasteiger partial charge in [0.05, 0.1) is 12.1 Å². The normalized spacial score (nSPS) is 9.94. The molecule has 1 rings (SSSR count). The van der Waals surface area contributed by atoms with E-state index in [4.69, 9.17) is 21.4 Å². The van der Waals surface area contributed by atoms with Crippen LogP contribution in [0.4, 0.5) is 0 Å². The van der Waals surface area contributed by atoms with Crippen molar-refractivity contribution in [2.24, 2.45) is 0 Å².